The third kappa shape index (κ3) is 7.29. The molecule has 0 spiro atoms. The van der Waals surface area contributed by atoms with E-state index in [4.69, 9.17) is 9.47 Å². The molecule has 0 saturated carbocycles. The van der Waals surface area contributed by atoms with Crippen molar-refractivity contribution in [3.8, 4) is 11.5 Å². The number of pyridine rings is 1. The van der Waals surface area contributed by atoms with Gasteiger partial charge in [0, 0.05) is 18.8 Å². The number of aryl methyl sites for hydroxylation is 1. The number of benzene rings is 1. The molecule has 0 unspecified atom stereocenters. The van der Waals surface area contributed by atoms with E-state index in [1.165, 1.54) is 11.9 Å². The van der Waals surface area contributed by atoms with Gasteiger partial charge in [-0.05, 0) is 56.7 Å². The van der Waals surface area contributed by atoms with Crippen LogP contribution in [0.5, 0.6) is 11.5 Å². The van der Waals surface area contributed by atoms with Gasteiger partial charge < -0.3 is 25.0 Å². The van der Waals surface area contributed by atoms with Crippen molar-refractivity contribution in [2.75, 3.05) is 38.7 Å². The maximum atomic E-state index is 12.4. The van der Waals surface area contributed by atoms with Crippen molar-refractivity contribution < 1.29 is 23.9 Å². The van der Waals surface area contributed by atoms with Crippen molar-refractivity contribution in [3.63, 3.8) is 0 Å². The smallest absolute Gasteiger partial charge is 0.251 e. The van der Waals surface area contributed by atoms with Crippen LogP contribution in [0.2, 0.25) is 0 Å². The lowest BCUT2D eigenvalue weighted by atomic mass is 10.2. The number of carbonyl (C=O) groups is 3. The molecular weight excluding hydrogens is 400 g/mol. The highest BCUT2D eigenvalue weighted by Gasteiger charge is 2.16. The highest BCUT2D eigenvalue weighted by molar-refractivity contribution is 5.98. The number of nitrogens with zero attached hydrogens (tertiary/aromatic N) is 2. The first-order valence-electron chi connectivity index (χ1n) is 9.98. The summed E-state index contributed by atoms with van der Waals surface area (Å²) in [4.78, 5) is 42.1. The average molecular weight is 428 g/mol. The molecule has 9 heteroatoms. The molecule has 0 saturated heterocycles. The Bertz CT molecular complexity index is 932. The molecule has 0 aliphatic heterocycles. The van der Waals surface area contributed by atoms with E-state index in [0.717, 1.165) is 5.56 Å². The lowest BCUT2D eigenvalue weighted by Gasteiger charge is -2.17. The summed E-state index contributed by atoms with van der Waals surface area (Å²) in [5.41, 5.74) is 1.30. The van der Waals surface area contributed by atoms with Crippen molar-refractivity contribution in [2.24, 2.45) is 0 Å². The van der Waals surface area contributed by atoms with Crippen LogP contribution in [-0.2, 0) is 9.59 Å². The summed E-state index contributed by atoms with van der Waals surface area (Å²) in [6.45, 7) is 6.06. The van der Waals surface area contributed by atoms with Crippen LogP contribution in [0.4, 0.5) is 5.82 Å². The topological polar surface area (TPSA) is 110 Å². The predicted molar refractivity (Wildman–Crippen MR) is 116 cm³/mol. The van der Waals surface area contributed by atoms with Crippen LogP contribution >= 0.6 is 0 Å². The zero-order valence-corrected chi connectivity index (χ0v) is 18.2. The van der Waals surface area contributed by atoms with Crippen LogP contribution in [0.15, 0.2) is 36.5 Å². The second-order valence-electron chi connectivity index (χ2n) is 6.73. The second kappa shape index (κ2) is 11.5. The summed E-state index contributed by atoms with van der Waals surface area (Å²) in [5, 5.41) is 5.20. The number of aromatic nitrogens is 1. The van der Waals surface area contributed by atoms with Gasteiger partial charge in [0.15, 0.2) is 11.5 Å². The molecule has 1 heterocycles. The summed E-state index contributed by atoms with van der Waals surface area (Å²) in [6.07, 6.45) is 1.59. The minimum Gasteiger partial charge on any atom is -0.490 e. The van der Waals surface area contributed by atoms with Gasteiger partial charge in [-0.3, -0.25) is 14.4 Å². The first-order valence-corrected chi connectivity index (χ1v) is 9.98. The van der Waals surface area contributed by atoms with Gasteiger partial charge in [0.05, 0.1) is 26.3 Å². The van der Waals surface area contributed by atoms with Crippen LogP contribution in [-0.4, -0.2) is 61.0 Å². The fraction of sp³-hybridized carbons (Fsp3) is 0.364. The third-order valence-electron chi connectivity index (χ3n) is 4.20. The highest BCUT2D eigenvalue weighted by Crippen LogP contribution is 2.28. The van der Waals surface area contributed by atoms with Gasteiger partial charge in [-0.25, -0.2) is 4.98 Å². The number of likely N-dealkylation sites (N-methyl/N-ethyl adjacent to an activating group) is 1. The molecule has 0 radical (unpaired) electrons. The predicted octanol–water partition coefficient (Wildman–Crippen LogP) is 2.01. The molecular formula is C22H28N4O5. The van der Waals surface area contributed by atoms with Crippen LogP contribution in [0.3, 0.4) is 0 Å². The first-order chi connectivity index (χ1) is 14.8. The summed E-state index contributed by atoms with van der Waals surface area (Å²) in [6, 6.07) is 8.36. The molecule has 1 aromatic carbocycles. The van der Waals surface area contributed by atoms with Gasteiger partial charge in [0.2, 0.25) is 11.8 Å². The standard InChI is InChI=1S/C22H28N4O5/c1-5-30-17-8-7-16(12-18(17)31-6-2)22(29)24-13-21(28)26(4)14-20(27)25-19-11-15(3)9-10-23-19/h7-12H,5-6,13-14H2,1-4H3,(H,24,29)(H,23,25,27). The number of ether oxygens (including phenoxy) is 2. The van der Waals surface area contributed by atoms with Gasteiger partial charge in [-0.1, -0.05) is 0 Å². The Hall–Kier alpha value is -3.62. The van der Waals surface area contributed by atoms with Crippen molar-refractivity contribution in [3.05, 3.63) is 47.7 Å². The maximum absolute atomic E-state index is 12.4. The van der Waals surface area contributed by atoms with Crippen molar-refractivity contribution >= 4 is 23.5 Å². The molecule has 1 aromatic heterocycles. The molecule has 0 aliphatic rings. The molecule has 2 aromatic rings. The maximum Gasteiger partial charge on any atom is 0.251 e. The van der Waals surface area contributed by atoms with Crippen LogP contribution in [0.1, 0.15) is 29.8 Å². The average Bonchev–Trinajstić information content (AvgIpc) is 2.73. The lowest BCUT2D eigenvalue weighted by molar-refractivity contribution is -0.132. The normalized spacial score (nSPS) is 10.2. The van der Waals surface area contributed by atoms with Gasteiger partial charge in [-0.15, -0.1) is 0 Å². The summed E-state index contributed by atoms with van der Waals surface area (Å²) < 4.78 is 11.0. The fourth-order valence-electron chi connectivity index (χ4n) is 2.68. The number of amides is 3. The number of carbonyl (C=O) groups excluding carboxylic acids is 3. The summed E-state index contributed by atoms with van der Waals surface area (Å²) in [5.74, 6) is 0.205. The van der Waals surface area contributed by atoms with E-state index < -0.39 is 11.8 Å². The largest absolute Gasteiger partial charge is 0.490 e. The second-order valence-corrected chi connectivity index (χ2v) is 6.73. The van der Waals surface area contributed by atoms with E-state index in [0.29, 0.717) is 36.1 Å². The Morgan fingerprint density at radius 1 is 1.03 bits per heavy atom. The molecule has 9 nitrogen and oxygen atoms in total. The van der Waals surface area contributed by atoms with E-state index >= 15 is 0 Å². The van der Waals surface area contributed by atoms with Gasteiger partial charge in [-0.2, -0.15) is 0 Å². The van der Waals surface area contributed by atoms with Crippen molar-refractivity contribution in [1.82, 2.24) is 15.2 Å². The molecule has 0 fully saturated rings. The van der Waals surface area contributed by atoms with Gasteiger partial charge in [0.25, 0.3) is 5.91 Å². The zero-order chi connectivity index (χ0) is 22.8. The van der Waals surface area contributed by atoms with E-state index in [2.05, 4.69) is 15.6 Å². The molecule has 2 rings (SSSR count). The summed E-state index contributed by atoms with van der Waals surface area (Å²) >= 11 is 0. The van der Waals surface area contributed by atoms with Gasteiger partial charge in [0.1, 0.15) is 5.82 Å². The number of hydrogen-bond donors (Lipinski definition) is 2. The molecule has 0 bridgehead atoms. The Kier molecular flexibility index (Phi) is 8.80. The van der Waals surface area contributed by atoms with Crippen LogP contribution < -0.4 is 20.1 Å². The number of anilines is 1. The summed E-state index contributed by atoms with van der Waals surface area (Å²) in [7, 11) is 1.49. The monoisotopic (exact) mass is 428 g/mol. The Morgan fingerprint density at radius 2 is 1.74 bits per heavy atom. The first kappa shape index (κ1) is 23.7. The van der Waals surface area contributed by atoms with Crippen LogP contribution in [0, 0.1) is 6.92 Å². The Balaban J connectivity index is 1.88. The highest BCUT2D eigenvalue weighted by atomic mass is 16.5. The van der Waals surface area contributed by atoms with Crippen LogP contribution in [0.25, 0.3) is 0 Å². The molecule has 3 amide bonds. The van der Waals surface area contributed by atoms with Crippen molar-refractivity contribution in [1.29, 1.82) is 0 Å². The number of hydrogen-bond acceptors (Lipinski definition) is 6. The Labute approximate surface area is 181 Å². The molecule has 166 valence electrons. The molecule has 2 N–H and O–H groups in total. The minimum atomic E-state index is -0.431. The van der Waals surface area contributed by atoms with E-state index in [9.17, 15) is 14.4 Å². The fourth-order valence-corrected chi connectivity index (χ4v) is 2.68. The minimum absolute atomic E-state index is 0.165. The van der Waals surface area contributed by atoms with E-state index in [1.807, 2.05) is 26.8 Å². The molecule has 0 atom stereocenters. The SMILES string of the molecule is CCOc1ccc(C(=O)NCC(=O)N(C)CC(=O)Nc2cc(C)ccn2)cc1OCC. The van der Waals surface area contributed by atoms with Crippen molar-refractivity contribution in [2.45, 2.75) is 20.8 Å². The Morgan fingerprint density at radius 3 is 2.42 bits per heavy atom. The third-order valence-corrected chi connectivity index (χ3v) is 4.20. The lowest BCUT2D eigenvalue weighted by Crippen LogP contribution is -2.41. The number of rotatable bonds is 10. The van der Waals surface area contributed by atoms with E-state index in [-0.39, 0.29) is 19.0 Å². The zero-order valence-electron chi connectivity index (χ0n) is 18.2. The van der Waals surface area contributed by atoms with Gasteiger partial charge >= 0.3 is 0 Å². The van der Waals surface area contributed by atoms with E-state index in [1.54, 1.807) is 30.5 Å². The number of nitrogens with one attached hydrogen (secondary N) is 2. The quantitative estimate of drug-likeness (QED) is 0.599. The molecule has 0 aliphatic carbocycles. The molecule has 31 heavy (non-hydrogen) atoms.